The van der Waals surface area contributed by atoms with E-state index in [9.17, 15) is 14.0 Å². The van der Waals surface area contributed by atoms with Crippen molar-refractivity contribution in [3.8, 4) is 22.1 Å². The molecule has 46 heavy (non-hydrogen) atoms. The van der Waals surface area contributed by atoms with Crippen molar-refractivity contribution in [1.29, 1.82) is 0 Å². The van der Waals surface area contributed by atoms with Gasteiger partial charge < -0.3 is 29.0 Å². The molecule has 0 aliphatic heterocycles. The lowest BCUT2D eigenvalue weighted by atomic mass is 10.0. The van der Waals surface area contributed by atoms with Crippen LogP contribution in [-0.4, -0.2) is 81.6 Å². The minimum Gasteiger partial charge on any atom is -0.453 e. The number of ketones is 1. The fraction of sp³-hybridized carbons (Fsp3) is 0.412. The Kier molecular flexibility index (Phi) is 12.5. The molecule has 0 atom stereocenters. The number of pyridine rings is 2. The quantitative estimate of drug-likeness (QED) is 0.121. The number of nitrogens with zero attached hydrogens (tertiary/aromatic N) is 2. The molecule has 1 aliphatic rings. The maximum absolute atomic E-state index is 14.9. The number of halogens is 1. The van der Waals surface area contributed by atoms with Gasteiger partial charge in [0.25, 0.3) is 5.91 Å². The Morgan fingerprint density at radius 2 is 1.67 bits per heavy atom. The van der Waals surface area contributed by atoms with Gasteiger partial charge in [-0.15, -0.1) is 11.3 Å². The normalized spacial score (nSPS) is 12.8. The lowest BCUT2D eigenvalue weighted by Gasteiger charge is -2.09. The lowest BCUT2D eigenvalue weighted by molar-refractivity contribution is -0.118. The van der Waals surface area contributed by atoms with E-state index in [1.165, 1.54) is 23.6 Å². The molecule has 3 heterocycles. The predicted octanol–water partition coefficient (Wildman–Crippen LogP) is 5.63. The summed E-state index contributed by atoms with van der Waals surface area (Å²) < 4.78 is 42.8. The maximum Gasteiger partial charge on any atom is 0.252 e. The van der Waals surface area contributed by atoms with E-state index in [1.807, 2.05) is 6.07 Å². The summed E-state index contributed by atoms with van der Waals surface area (Å²) in [6, 6.07) is 11.7. The van der Waals surface area contributed by atoms with Crippen molar-refractivity contribution in [1.82, 2.24) is 15.3 Å². The highest BCUT2D eigenvalue weighted by Crippen LogP contribution is 2.39. The van der Waals surface area contributed by atoms with Crippen LogP contribution in [0.1, 0.15) is 35.2 Å². The zero-order valence-electron chi connectivity index (χ0n) is 25.8. The molecule has 0 spiro atoms. The van der Waals surface area contributed by atoms with Crippen molar-refractivity contribution in [3.05, 3.63) is 71.8 Å². The summed E-state index contributed by atoms with van der Waals surface area (Å²) in [5.41, 5.74) is 2.42. The summed E-state index contributed by atoms with van der Waals surface area (Å²) in [5, 5.41) is 2.82. The second kappa shape index (κ2) is 17.2. The Morgan fingerprint density at radius 1 is 0.913 bits per heavy atom. The summed E-state index contributed by atoms with van der Waals surface area (Å²) >= 11 is 1.41. The van der Waals surface area contributed by atoms with Crippen molar-refractivity contribution in [3.63, 3.8) is 0 Å². The van der Waals surface area contributed by atoms with Gasteiger partial charge in [-0.1, -0.05) is 6.07 Å². The molecular formula is C34H38FN3O7S. The van der Waals surface area contributed by atoms with Crippen LogP contribution in [0.15, 0.2) is 54.9 Å². The molecule has 0 saturated heterocycles. The topological polar surface area (TPSA) is 118 Å². The van der Waals surface area contributed by atoms with Crippen molar-refractivity contribution >= 4 is 33.2 Å². The summed E-state index contributed by atoms with van der Waals surface area (Å²) in [5.74, 6) is 0.417. The van der Waals surface area contributed by atoms with Gasteiger partial charge in [0.05, 0.1) is 72.6 Å². The average molecular weight is 652 g/mol. The lowest BCUT2D eigenvalue weighted by Crippen LogP contribution is -2.27. The van der Waals surface area contributed by atoms with Crippen molar-refractivity contribution < 1.29 is 37.7 Å². The SMILES string of the molecule is COCCOCCOCCOCCNC(=O)c1ccc(-c2cc3nccc(Oc4ccc(CC(=O)CC5CC5)cc4F)c3s2)nc1. The van der Waals surface area contributed by atoms with E-state index >= 15 is 0 Å². The maximum atomic E-state index is 14.9. The second-order valence-corrected chi connectivity index (χ2v) is 11.9. The van der Waals surface area contributed by atoms with E-state index < -0.39 is 5.82 Å². The second-order valence-electron chi connectivity index (χ2n) is 10.9. The van der Waals surface area contributed by atoms with E-state index in [-0.39, 0.29) is 23.9 Å². The predicted molar refractivity (Wildman–Crippen MR) is 172 cm³/mol. The van der Waals surface area contributed by atoms with Crippen LogP contribution in [0.25, 0.3) is 20.8 Å². The molecule has 1 N–H and O–H groups in total. The fourth-order valence-corrected chi connectivity index (χ4v) is 5.66. The number of nitrogens with one attached hydrogen (secondary N) is 1. The van der Waals surface area contributed by atoms with Gasteiger partial charge in [0.2, 0.25) is 0 Å². The third-order valence-electron chi connectivity index (χ3n) is 7.19. The molecular weight excluding hydrogens is 613 g/mol. The molecule has 244 valence electrons. The van der Waals surface area contributed by atoms with Gasteiger partial charge >= 0.3 is 0 Å². The van der Waals surface area contributed by atoms with Gasteiger partial charge in [-0.3, -0.25) is 19.6 Å². The molecule has 1 aromatic carbocycles. The van der Waals surface area contributed by atoms with Crippen LogP contribution in [0.5, 0.6) is 11.5 Å². The van der Waals surface area contributed by atoms with E-state index in [0.29, 0.717) is 93.2 Å². The van der Waals surface area contributed by atoms with Gasteiger partial charge in [-0.2, -0.15) is 0 Å². The highest BCUT2D eigenvalue weighted by molar-refractivity contribution is 7.22. The molecule has 5 rings (SSSR count). The first kappa shape index (κ1) is 33.6. The van der Waals surface area contributed by atoms with Gasteiger partial charge in [-0.25, -0.2) is 4.39 Å². The third-order valence-corrected chi connectivity index (χ3v) is 8.35. The summed E-state index contributed by atoms with van der Waals surface area (Å²) in [7, 11) is 1.63. The minimum absolute atomic E-state index is 0.0765. The van der Waals surface area contributed by atoms with Crippen LogP contribution < -0.4 is 10.1 Å². The summed E-state index contributed by atoms with van der Waals surface area (Å²) in [6.45, 7) is 3.67. The molecule has 10 nitrogen and oxygen atoms in total. The van der Waals surface area contributed by atoms with E-state index in [4.69, 9.17) is 23.7 Å². The molecule has 4 aromatic rings. The average Bonchev–Trinajstić information content (AvgIpc) is 3.76. The van der Waals surface area contributed by atoms with Crippen LogP contribution in [0, 0.1) is 11.7 Å². The molecule has 0 radical (unpaired) electrons. The van der Waals surface area contributed by atoms with Crippen molar-refractivity contribution in [2.45, 2.75) is 25.7 Å². The zero-order chi connectivity index (χ0) is 32.1. The number of benzene rings is 1. The first-order valence-electron chi connectivity index (χ1n) is 15.3. The van der Waals surface area contributed by atoms with Crippen LogP contribution in [0.2, 0.25) is 0 Å². The molecule has 3 aromatic heterocycles. The summed E-state index contributed by atoms with van der Waals surface area (Å²) in [6.07, 6.45) is 6.15. The van der Waals surface area contributed by atoms with Gasteiger partial charge in [0, 0.05) is 45.0 Å². The largest absolute Gasteiger partial charge is 0.453 e. The number of carbonyl (C=O) groups is 2. The zero-order valence-corrected chi connectivity index (χ0v) is 26.6. The number of carbonyl (C=O) groups excluding carboxylic acids is 2. The molecule has 0 unspecified atom stereocenters. The molecule has 0 bridgehead atoms. The number of ether oxygens (including phenoxy) is 5. The standard InChI is InChI=1S/C34H38FN3O7S/c1-41-12-13-43-16-17-44-15-14-42-11-10-37-34(40)25-5-6-28(38-22-25)32-21-29-33(46-32)31(8-9-36-29)45-30-7-4-24(20-27(30)35)19-26(39)18-23-2-3-23/h4-9,20-23H,2-3,10-19H2,1H3,(H,37,40). The highest BCUT2D eigenvalue weighted by Gasteiger charge is 2.24. The first-order valence-corrected chi connectivity index (χ1v) is 16.1. The minimum atomic E-state index is -0.523. The molecule has 1 aliphatic carbocycles. The number of amides is 1. The Balaban J connectivity index is 1.09. The monoisotopic (exact) mass is 651 g/mol. The van der Waals surface area contributed by atoms with Crippen LogP contribution >= 0.6 is 11.3 Å². The third kappa shape index (κ3) is 10.1. The fourth-order valence-electron chi connectivity index (χ4n) is 4.62. The van der Waals surface area contributed by atoms with E-state index in [0.717, 1.165) is 22.4 Å². The first-order chi connectivity index (χ1) is 22.5. The number of hydrogen-bond acceptors (Lipinski definition) is 10. The van der Waals surface area contributed by atoms with E-state index in [1.54, 1.807) is 43.6 Å². The van der Waals surface area contributed by atoms with Crippen LogP contribution in [-0.2, 0) is 30.2 Å². The number of rotatable bonds is 20. The molecule has 12 heteroatoms. The van der Waals surface area contributed by atoms with Gasteiger partial charge in [0.15, 0.2) is 11.6 Å². The Bertz CT molecular complexity index is 1590. The van der Waals surface area contributed by atoms with Crippen LogP contribution in [0.4, 0.5) is 4.39 Å². The smallest absolute Gasteiger partial charge is 0.252 e. The van der Waals surface area contributed by atoms with Gasteiger partial charge in [0.1, 0.15) is 11.5 Å². The molecule has 1 fully saturated rings. The number of fused-ring (bicyclic) bond motifs is 1. The molecule has 1 amide bonds. The van der Waals surface area contributed by atoms with E-state index in [2.05, 4.69) is 15.3 Å². The number of methoxy groups -OCH3 is 1. The number of Topliss-reactive ketones (excluding diaryl/α,β-unsaturated/α-hetero) is 1. The van der Waals surface area contributed by atoms with Crippen LogP contribution in [0.3, 0.4) is 0 Å². The highest BCUT2D eigenvalue weighted by atomic mass is 32.1. The number of thiophene rings is 1. The van der Waals surface area contributed by atoms with Crippen molar-refractivity contribution in [2.75, 3.05) is 59.9 Å². The Labute approximate surface area is 271 Å². The number of aromatic nitrogens is 2. The van der Waals surface area contributed by atoms with Gasteiger partial charge in [-0.05, 0) is 54.7 Å². The Hall–Kier alpha value is -3.81. The Morgan fingerprint density at radius 3 is 2.37 bits per heavy atom. The summed E-state index contributed by atoms with van der Waals surface area (Å²) in [4.78, 5) is 34.5. The van der Waals surface area contributed by atoms with Crippen molar-refractivity contribution in [2.24, 2.45) is 5.92 Å². The number of hydrogen-bond donors (Lipinski definition) is 1. The molecule has 1 saturated carbocycles.